The lowest BCUT2D eigenvalue weighted by atomic mass is 9.88. The third kappa shape index (κ3) is 4.41. The van der Waals surface area contributed by atoms with Gasteiger partial charge in [-0.3, -0.25) is 9.78 Å². The number of nitrogens with zero attached hydrogens (tertiary/aromatic N) is 1. The maximum absolute atomic E-state index is 13.3. The Morgan fingerprint density at radius 3 is 2.89 bits per heavy atom. The predicted molar refractivity (Wildman–Crippen MR) is 66.6 cm³/mol. The molecule has 0 fully saturated rings. The van der Waals surface area contributed by atoms with Gasteiger partial charge < -0.3 is 10.4 Å². The zero-order chi connectivity index (χ0) is 13.6. The van der Waals surface area contributed by atoms with Crippen molar-refractivity contribution in [3.63, 3.8) is 0 Å². The van der Waals surface area contributed by atoms with Crippen LogP contribution in [0.4, 0.5) is 4.39 Å². The van der Waals surface area contributed by atoms with Crippen LogP contribution in [0, 0.1) is 11.2 Å². The summed E-state index contributed by atoms with van der Waals surface area (Å²) in [5.41, 5.74) is -0.120. The lowest BCUT2D eigenvalue weighted by Crippen LogP contribution is -2.34. The van der Waals surface area contributed by atoms with Crippen molar-refractivity contribution in [3.05, 3.63) is 29.8 Å². The number of aliphatic hydroxyl groups is 1. The lowest BCUT2D eigenvalue weighted by molar-refractivity contribution is 0.0928. The molecule has 1 heterocycles. The number of carbonyl (C=O) groups excluding carboxylic acids is 1. The topological polar surface area (TPSA) is 62.2 Å². The van der Waals surface area contributed by atoms with E-state index in [4.69, 9.17) is 5.11 Å². The number of hydrogen-bond acceptors (Lipinski definition) is 3. The van der Waals surface area contributed by atoms with Gasteiger partial charge >= 0.3 is 0 Å². The third-order valence-corrected chi connectivity index (χ3v) is 2.76. The number of hydrogen-bond donors (Lipinski definition) is 2. The monoisotopic (exact) mass is 254 g/mol. The van der Waals surface area contributed by atoms with Crippen LogP contribution in [0.2, 0.25) is 0 Å². The van der Waals surface area contributed by atoms with Gasteiger partial charge in [0.1, 0.15) is 0 Å². The Morgan fingerprint density at radius 2 is 2.28 bits per heavy atom. The molecule has 1 aromatic heterocycles. The van der Waals surface area contributed by atoms with Gasteiger partial charge in [0.25, 0.3) is 5.91 Å². The third-order valence-electron chi connectivity index (χ3n) is 2.76. The number of pyridine rings is 1. The van der Waals surface area contributed by atoms with E-state index in [-0.39, 0.29) is 17.6 Å². The molecule has 0 aliphatic carbocycles. The van der Waals surface area contributed by atoms with Crippen LogP contribution in [-0.2, 0) is 0 Å². The first-order valence-electron chi connectivity index (χ1n) is 5.95. The molecule has 0 unspecified atom stereocenters. The SMILES string of the molecule is CC(C)(CCCO)CNC(=O)c1ccncc1F. The molecule has 100 valence electrons. The molecule has 0 spiro atoms. The molecular formula is C13H19FN2O2. The summed E-state index contributed by atoms with van der Waals surface area (Å²) >= 11 is 0. The van der Waals surface area contributed by atoms with Crippen molar-refractivity contribution in [2.24, 2.45) is 5.41 Å². The number of carbonyl (C=O) groups is 1. The smallest absolute Gasteiger partial charge is 0.254 e. The normalized spacial score (nSPS) is 11.3. The molecule has 0 atom stereocenters. The average molecular weight is 254 g/mol. The molecule has 5 heteroatoms. The second-order valence-electron chi connectivity index (χ2n) is 5.03. The lowest BCUT2D eigenvalue weighted by Gasteiger charge is -2.24. The van der Waals surface area contributed by atoms with Crippen molar-refractivity contribution in [1.82, 2.24) is 10.3 Å². The van der Waals surface area contributed by atoms with E-state index in [0.29, 0.717) is 13.0 Å². The largest absolute Gasteiger partial charge is 0.396 e. The molecule has 18 heavy (non-hydrogen) atoms. The molecule has 0 radical (unpaired) electrons. The van der Waals surface area contributed by atoms with E-state index in [9.17, 15) is 9.18 Å². The Morgan fingerprint density at radius 1 is 1.56 bits per heavy atom. The Bertz CT molecular complexity index is 408. The van der Waals surface area contributed by atoms with Crippen molar-refractivity contribution < 1.29 is 14.3 Å². The van der Waals surface area contributed by atoms with E-state index in [1.165, 1.54) is 12.3 Å². The number of nitrogens with one attached hydrogen (secondary N) is 1. The Kier molecular flexibility index (Phi) is 5.22. The van der Waals surface area contributed by atoms with Gasteiger partial charge in [0.2, 0.25) is 0 Å². The summed E-state index contributed by atoms with van der Waals surface area (Å²) in [6, 6.07) is 1.35. The summed E-state index contributed by atoms with van der Waals surface area (Å²) < 4.78 is 13.3. The number of aliphatic hydroxyl groups excluding tert-OH is 1. The molecular weight excluding hydrogens is 235 g/mol. The van der Waals surface area contributed by atoms with Crippen LogP contribution in [0.15, 0.2) is 18.5 Å². The van der Waals surface area contributed by atoms with Crippen molar-refractivity contribution >= 4 is 5.91 Å². The molecule has 0 aromatic carbocycles. The molecule has 1 aromatic rings. The molecule has 0 saturated heterocycles. The summed E-state index contributed by atoms with van der Waals surface area (Å²) in [6.07, 6.45) is 3.88. The Hall–Kier alpha value is -1.49. The summed E-state index contributed by atoms with van der Waals surface area (Å²) in [5.74, 6) is -1.06. The van der Waals surface area contributed by atoms with Crippen molar-refractivity contribution in [2.45, 2.75) is 26.7 Å². The predicted octanol–water partition coefficient (Wildman–Crippen LogP) is 1.75. The maximum Gasteiger partial charge on any atom is 0.254 e. The van der Waals surface area contributed by atoms with Gasteiger partial charge in [0, 0.05) is 19.3 Å². The van der Waals surface area contributed by atoms with Crippen LogP contribution in [0.1, 0.15) is 37.0 Å². The van der Waals surface area contributed by atoms with Gasteiger partial charge in [-0.1, -0.05) is 13.8 Å². The fraction of sp³-hybridized carbons (Fsp3) is 0.538. The van der Waals surface area contributed by atoms with Gasteiger partial charge in [-0.2, -0.15) is 0 Å². The quantitative estimate of drug-likeness (QED) is 0.813. The molecule has 1 rings (SSSR count). The Balaban J connectivity index is 2.54. The number of halogens is 1. The van der Waals surface area contributed by atoms with E-state index < -0.39 is 11.7 Å². The van der Waals surface area contributed by atoms with Crippen molar-refractivity contribution in [2.75, 3.05) is 13.2 Å². The standard InChI is InChI=1S/C13H19FN2O2/c1-13(2,5-3-7-17)9-16-12(18)10-4-6-15-8-11(10)14/h4,6,8,17H,3,5,7,9H2,1-2H3,(H,16,18). The van der Waals surface area contributed by atoms with Crippen LogP contribution >= 0.6 is 0 Å². The van der Waals surface area contributed by atoms with E-state index in [1.54, 1.807) is 0 Å². The average Bonchev–Trinajstić information content (AvgIpc) is 2.34. The highest BCUT2D eigenvalue weighted by Gasteiger charge is 2.19. The van der Waals surface area contributed by atoms with Gasteiger partial charge in [0.15, 0.2) is 5.82 Å². The minimum Gasteiger partial charge on any atom is -0.396 e. The van der Waals surface area contributed by atoms with Gasteiger partial charge in [-0.25, -0.2) is 4.39 Å². The van der Waals surface area contributed by atoms with E-state index in [2.05, 4.69) is 10.3 Å². The van der Waals surface area contributed by atoms with Gasteiger partial charge in [-0.15, -0.1) is 0 Å². The summed E-state index contributed by atoms with van der Waals surface area (Å²) in [5, 5.41) is 11.5. The molecule has 0 aliphatic rings. The van der Waals surface area contributed by atoms with E-state index >= 15 is 0 Å². The summed E-state index contributed by atoms with van der Waals surface area (Å²) in [4.78, 5) is 15.4. The zero-order valence-corrected chi connectivity index (χ0v) is 10.7. The number of rotatable bonds is 6. The molecule has 0 saturated carbocycles. The first-order valence-corrected chi connectivity index (χ1v) is 5.95. The van der Waals surface area contributed by atoms with Crippen LogP contribution in [-0.4, -0.2) is 29.1 Å². The molecule has 4 nitrogen and oxygen atoms in total. The van der Waals surface area contributed by atoms with Gasteiger partial charge in [0.05, 0.1) is 11.8 Å². The minimum atomic E-state index is -0.622. The van der Waals surface area contributed by atoms with Crippen molar-refractivity contribution in [3.8, 4) is 0 Å². The highest BCUT2D eigenvalue weighted by atomic mass is 19.1. The second kappa shape index (κ2) is 6.44. The van der Waals surface area contributed by atoms with E-state index in [1.807, 2.05) is 13.8 Å². The fourth-order valence-corrected chi connectivity index (χ4v) is 1.62. The highest BCUT2D eigenvalue weighted by Crippen LogP contribution is 2.21. The zero-order valence-electron chi connectivity index (χ0n) is 10.7. The summed E-state index contributed by atoms with van der Waals surface area (Å²) in [7, 11) is 0. The number of aromatic nitrogens is 1. The minimum absolute atomic E-state index is 0.00274. The van der Waals surface area contributed by atoms with Crippen LogP contribution in [0.5, 0.6) is 0 Å². The second-order valence-corrected chi connectivity index (χ2v) is 5.03. The molecule has 2 N–H and O–H groups in total. The molecule has 0 bridgehead atoms. The number of amides is 1. The van der Waals surface area contributed by atoms with Crippen LogP contribution < -0.4 is 5.32 Å². The van der Waals surface area contributed by atoms with E-state index in [0.717, 1.165) is 12.6 Å². The molecule has 0 aliphatic heterocycles. The Labute approximate surface area is 106 Å². The maximum atomic E-state index is 13.3. The fourth-order valence-electron chi connectivity index (χ4n) is 1.62. The summed E-state index contributed by atoms with van der Waals surface area (Å²) in [6.45, 7) is 4.56. The van der Waals surface area contributed by atoms with Crippen LogP contribution in [0.3, 0.4) is 0 Å². The first-order chi connectivity index (χ1) is 8.46. The van der Waals surface area contributed by atoms with Crippen molar-refractivity contribution in [1.29, 1.82) is 0 Å². The van der Waals surface area contributed by atoms with Gasteiger partial charge in [-0.05, 0) is 24.3 Å². The highest BCUT2D eigenvalue weighted by molar-refractivity contribution is 5.94. The first kappa shape index (κ1) is 14.6. The molecule has 1 amide bonds. The van der Waals surface area contributed by atoms with Crippen LogP contribution in [0.25, 0.3) is 0 Å².